The summed E-state index contributed by atoms with van der Waals surface area (Å²) in [6, 6.07) is 6.33. The van der Waals surface area contributed by atoms with E-state index in [0.717, 1.165) is 61.1 Å². The second kappa shape index (κ2) is 6.48. The van der Waals surface area contributed by atoms with Gasteiger partial charge in [-0.15, -0.1) is 5.10 Å². The van der Waals surface area contributed by atoms with Crippen LogP contribution in [0.3, 0.4) is 0 Å². The lowest BCUT2D eigenvalue weighted by Crippen LogP contribution is -2.50. The van der Waals surface area contributed by atoms with E-state index in [-0.39, 0.29) is 0 Å². The first-order valence-electron chi connectivity index (χ1n) is 9.84. The van der Waals surface area contributed by atoms with Gasteiger partial charge in [-0.3, -0.25) is 0 Å². The Balaban J connectivity index is 1.22. The number of hydrogen-bond acceptors (Lipinski definition) is 6. The van der Waals surface area contributed by atoms with Crippen molar-refractivity contribution in [1.29, 1.82) is 0 Å². The van der Waals surface area contributed by atoms with Gasteiger partial charge in [-0.25, -0.2) is 4.98 Å². The second-order valence-corrected chi connectivity index (χ2v) is 7.87. The molecule has 3 aromatic rings. The Bertz CT molecular complexity index is 987. The first kappa shape index (κ1) is 16.5. The Hall–Kier alpha value is -2.70. The molecule has 0 unspecified atom stereocenters. The van der Waals surface area contributed by atoms with Crippen molar-refractivity contribution in [2.75, 3.05) is 29.9 Å². The molecule has 0 radical (unpaired) electrons. The topological polar surface area (TPSA) is 71.2 Å². The lowest BCUT2D eigenvalue weighted by atomic mass is 9.95. The standard InChI is InChI=1S/C20H25N7/c1-13-7-18(27-19(22-13)8-14(2)25-27)21-10-15-11-26(12-15)20-9-16-5-3-4-6-17(16)23-24-20/h7-9,15,21H,3-6,10-12H2,1-2H3. The van der Waals surface area contributed by atoms with Gasteiger partial charge in [0.2, 0.25) is 0 Å². The van der Waals surface area contributed by atoms with Crippen molar-refractivity contribution >= 4 is 17.3 Å². The summed E-state index contributed by atoms with van der Waals surface area (Å²) in [7, 11) is 0. The molecule has 1 saturated heterocycles. The first-order valence-corrected chi connectivity index (χ1v) is 9.84. The third kappa shape index (κ3) is 3.11. The SMILES string of the molecule is Cc1cc(NCC2CN(c3cc4c(nn3)CCCC4)C2)n2nc(C)cc2n1. The van der Waals surface area contributed by atoms with Crippen LogP contribution in [0.25, 0.3) is 5.65 Å². The number of anilines is 2. The largest absolute Gasteiger partial charge is 0.369 e. The van der Waals surface area contributed by atoms with Crippen LogP contribution in [0.5, 0.6) is 0 Å². The number of nitrogens with zero attached hydrogens (tertiary/aromatic N) is 6. The van der Waals surface area contributed by atoms with Crippen LogP contribution >= 0.6 is 0 Å². The van der Waals surface area contributed by atoms with Gasteiger partial charge in [-0.2, -0.15) is 14.7 Å². The lowest BCUT2D eigenvalue weighted by Gasteiger charge is -2.40. The van der Waals surface area contributed by atoms with Gasteiger partial charge in [0.1, 0.15) is 5.82 Å². The molecule has 7 heteroatoms. The van der Waals surface area contributed by atoms with Gasteiger partial charge in [0.25, 0.3) is 0 Å². The lowest BCUT2D eigenvalue weighted by molar-refractivity contribution is 0.424. The molecule has 0 bridgehead atoms. The first-order chi connectivity index (χ1) is 13.2. The van der Waals surface area contributed by atoms with Gasteiger partial charge < -0.3 is 10.2 Å². The Morgan fingerprint density at radius 2 is 1.89 bits per heavy atom. The third-order valence-electron chi connectivity index (χ3n) is 5.59. The minimum Gasteiger partial charge on any atom is -0.369 e. The summed E-state index contributed by atoms with van der Waals surface area (Å²) >= 11 is 0. The molecule has 0 aromatic carbocycles. The average molecular weight is 363 g/mol. The molecule has 1 N–H and O–H groups in total. The summed E-state index contributed by atoms with van der Waals surface area (Å²) < 4.78 is 1.90. The predicted octanol–water partition coefficient (Wildman–Crippen LogP) is 2.56. The van der Waals surface area contributed by atoms with Gasteiger partial charge in [-0.05, 0) is 51.2 Å². The van der Waals surface area contributed by atoms with Gasteiger partial charge in [0.05, 0.1) is 11.4 Å². The highest BCUT2D eigenvalue weighted by Crippen LogP contribution is 2.27. The molecule has 1 fully saturated rings. The molecule has 0 amide bonds. The maximum absolute atomic E-state index is 4.54. The van der Waals surface area contributed by atoms with Gasteiger partial charge in [0.15, 0.2) is 11.5 Å². The number of fused-ring (bicyclic) bond motifs is 2. The highest BCUT2D eigenvalue weighted by Gasteiger charge is 2.28. The zero-order valence-electron chi connectivity index (χ0n) is 15.9. The Morgan fingerprint density at radius 3 is 2.78 bits per heavy atom. The van der Waals surface area contributed by atoms with Crippen molar-refractivity contribution in [3.63, 3.8) is 0 Å². The van der Waals surface area contributed by atoms with E-state index in [1.807, 2.05) is 24.4 Å². The summed E-state index contributed by atoms with van der Waals surface area (Å²) in [5.41, 5.74) is 5.49. The zero-order valence-corrected chi connectivity index (χ0v) is 15.9. The summed E-state index contributed by atoms with van der Waals surface area (Å²) in [4.78, 5) is 6.88. The Labute approximate surface area is 158 Å². The van der Waals surface area contributed by atoms with E-state index in [1.165, 1.54) is 24.1 Å². The van der Waals surface area contributed by atoms with Crippen LogP contribution in [-0.4, -0.2) is 44.4 Å². The molecule has 7 nitrogen and oxygen atoms in total. The van der Waals surface area contributed by atoms with Gasteiger partial charge >= 0.3 is 0 Å². The average Bonchev–Trinajstić information content (AvgIpc) is 3.00. The number of nitrogens with one attached hydrogen (secondary N) is 1. The van der Waals surface area contributed by atoms with Crippen molar-refractivity contribution in [3.05, 3.63) is 40.8 Å². The summed E-state index contributed by atoms with van der Waals surface area (Å²) in [5, 5.41) is 17.0. The monoisotopic (exact) mass is 363 g/mol. The van der Waals surface area contributed by atoms with E-state index in [9.17, 15) is 0 Å². The molecule has 1 aliphatic heterocycles. The van der Waals surface area contributed by atoms with E-state index < -0.39 is 0 Å². The van der Waals surface area contributed by atoms with Gasteiger partial charge in [-0.1, -0.05) is 0 Å². The quantitative estimate of drug-likeness (QED) is 0.768. The van der Waals surface area contributed by atoms with Crippen LogP contribution < -0.4 is 10.2 Å². The fourth-order valence-corrected chi connectivity index (χ4v) is 4.11. The van der Waals surface area contributed by atoms with Crippen LogP contribution in [0.2, 0.25) is 0 Å². The number of aryl methyl sites for hydroxylation is 4. The molecule has 5 rings (SSSR count). The van der Waals surface area contributed by atoms with E-state index in [0.29, 0.717) is 5.92 Å². The third-order valence-corrected chi connectivity index (χ3v) is 5.59. The van der Waals surface area contributed by atoms with Crippen molar-refractivity contribution < 1.29 is 0 Å². The molecule has 0 saturated carbocycles. The molecule has 2 aliphatic rings. The van der Waals surface area contributed by atoms with Crippen molar-refractivity contribution in [2.24, 2.45) is 5.92 Å². The maximum atomic E-state index is 4.54. The number of rotatable bonds is 4. The van der Waals surface area contributed by atoms with E-state index >= 15 is 0 Å². The molecule has 0 spiro atoms. The summed E-state index contributed by atoms with van der Waals surface area (Å²) in [6.07, 6.45) is 4.76. The fourth-order valence-electron chi connectivity index (χ4n) is 4.11. The normalized spacial score (nSPS) is 17.0. The molecule has 3 aromatic heterocycles. The minimum atomic E-state index is 0.600. The second-order valence-electron chi connectivity index (χ2n) is 7.87. The number of aromatic nitrogens is 5. The molecule has 0 atom stereocenters. The predicted molar refractivity (Wildman–Crippen MR) is 105 cm³/mol. The fraction of sp³-hybridized carbons (Fsp3) is 0.500. The zero-order chi connectivity index (χ0) is 18.4. The molecule has 140 valence electrons. The summed E-state index contributed by atoms with van der Waals surface area (Å²) in [5.74, 6) is 2.65. The van der Waals surface area contributed by atoms with Crippen LogP contribution in [0.15, 0.2) is 18.2 Å². The molecule has 4 heterocycles. The van der Waals surface area contributed by atoms with Crippen molar-refractivity contribution in [1.82, 2.24) is 24.8 Å². The maximum Gasteiger partial charge on any atom is 0.157 e. The highest BCUT2D eigenvalue weighted by atomic mass is 15.3. The van der Waals surface area contributed by atoms with Crippen LogP contribution in [0.4, 0.5) is 11.6 Å². The molecule has 1 aliphatic carbocycles. The molecule has 27 heavy (non-hydrogen) atoms. The highest BCUT2D eigenvalue weighted by molar-refractivity contribution is 5.51. The van der Waals surface area contributed by atoms with Crippen molar-refractivity contribution in [3.8, 4) is 0 Å². The van der Waals surface area contributed by atoms with Crippen LogP contribution in [0.1, 0.15) is 35.5 Å². The number of hydrogen-bond donors (Lipinski definition) is 1. The van der Waals surface area contributed by atoms with Gasteiger partial charge in [0, 0.05) is 43.4 Å². The Morgan fingerprint density at radius 1 is 1.04 bits per heavy atom. The smallest absolute Gasteiger partial charge is 0.157 e. The van der Waals surface area contributed by atoms with Crippen LogP contribution in [-0.2, 0) is 12.8 Å². The molecular formula is C20H25N7. The van der Waals surface area contributed by atoms with E-state index in [1.54, 1.807) is 0 Å². The Kier molecular flexibility index (Phi) is 3.95. The molecular weight excluding hydrogens is 338 g/mol. The van der Waals surface area contributed by atoms with Crippen LogP contribution in [0, 0.1) is 19.8 Å². The minimum absolute atomic E-state index is 0.600. The van der Waals surface area contributed by atoms with E-state index in [4.69, 9.17) is 0 Å². The summed E-state index contributed by atoms with van der Waals surface area (Å²) in [6.45, 7) is 6.98. The van der Waals surface area contributed by atoms with Crippen molar-refractivity contribution in [2.45, 2.75) is 39.5 Å². The van der Waals surface area contributed by atoms with E-state index in [2.05, 4.69) is 42.6 Å².